The Bertz CT molecular complexity index is 863. The highest BCUT2D eigenvalue weighted by molar-refractivity contribution is 7.80. The molecule has 0 aliphatic carbocycles. The summed E-state index contributed by atoms with van der Waals surface area (Å²) >= 11 is 5.65. The van der Waals surface area contributed by atoms with Gasteiger partial charge in [-0.2, -0.15) is 0 Å². The van der Waals surface area contributed by atoms with Gasteiger partial charge in [0.15, 0.2) is 5.11 Å². The predicted molar refractivity (Wildman–Crippen MR) is 101 cm³/mol. The summed E-state index contributed by atoms with van der Waals surface area (Å²) in [6.07, 6.45) is 1.81. The predicted octanol–water partition coefficient (Wildman–Crippen LogP) is 4.16. The van der Waals surface area contributed by atoms with Gasteiger partial charge in [0, 0.05) is 12.7 Å². The molecule has 4 nitrogen and oxygen atoms in total. The first kappa shape index (κ1) is 15.8. The topological polar surface area (TPSA) is 41.3 Å². The molecule has 1 saturated heterocycles. The van der Waals surface area contributed by atoms with Crippen LogP contribution in [-0.4, -0.2) is 15.0 Å². The number of aryl methyl sites for hydroxylation is 1. The zero-order valence-corrected chi connectivity index (χ0v) is 14.7. The highest BCUT2D eigenvalue weighted by Crippen LogP contribution is 2.39. The van der Waals surface area contributed by atoms with Crippen LogP contribution in [0.15, 0.2) is 71.3 Å². The number of aromatic nitrogens is 1. The van der Waals surface area contributed by atoms with Gasteiger partial charge in [-0.3, -0.25) is 4.98 Å². The molecule has 1 fully saturated rings. The first-order valence-corrected chi connectivity index (χ1v) is 8.71. The van der Waals surface area contributed by atoms with Gasteiger partial charge in [0.05, 0.1) is 11.7 Å². The Morgan fingerprint density at radius 1 is 1.08 bits per heavy atom. The number of hydrogen-bond acceptors (Lipinski definition) is 3. The number of benzene rings is 1. The Balaban J connectivity index is 1.72. The molecule has 0 amide bonds. The molecule has 2 aromatic heterocycles. The van der Waals surface area contributed by atoms with E-state index in [1.54, 1.807) is 0 Å². The van der Waals surface area contributed by atoms with Gasteiger partial charge in [-0.25, -0.2) is 0 Å². The number of furan rings is 1. The van der Waals surface area contributed by atoms with E-state index < -0.39 is 0 Å². The van der Waals surface area contributed by atoms with E-state index in [4.69, 9.17) is 16.6 Å². The van der Waals surface area contributed by atoms with Crippen LogP contribution in [0.4, 0.5) is 0 Å². The van der Waals surface area contributed by atoms with Crippen molar-refractivity contribution in [2.24, 2.45) is 0 Å². The fourth-order valence-corrected chi connectivity index (χ4v) is 3.58. The smallest absolute Gasteiger partial charge is 0.170 e. The van der Waals surface area contributed by atoms with Gasteiger partial charge in [-0.15, -0.1) is 0 Å². The molecule has 4 rings (SSSR count). The van der Waals surface area contributed by atoms with E-state index in [0.29, 0.717) is 0 Å². The molecule has 0 bridgehead atoms. The third-order valence-corrected chi connectivity index (χ3v) is 4.80. The molecule has 1 N–H and O–H groups in total. The molecule has 2 atom stereocenters. The van der Waals surface area contributed by atoms with E-state index in [2.05, 4.69) is 27.3 Å². The molecule has 5 heteroatoms. The maximum Gasteiger partial charge on any atom is 0.170 e. The molecule has 3 aromatic rings. The quantitative estimate of drug-likeness (QED) is 0.717. The van der Waals surface area contributed by atoms with Gasteiger partial charge in [-0.05, 0) is 49.0 Å². The van der Waals surface area contributed by atoms with Crippen LogP contribution in [0, 0.1) is 6.92 Å². The lowest BCUT2D eigenvalue weighted by molar-refractivity contribution is 0.264. The molecule has 0 saturated carbocycles. The molecular formula is C20H19N3OS. The Labute approximate surface area is 152 Å². The minimum atomic E-state index is -0.0389. The van der Waals surface area contributed by atoms with Gasteiger partial charge >= 0.3 is 0 Å². The second-order valence-electron chi connectivity index (χ2n) is 6.19. The fourth-order valence-electron chi connectivity index (χ4n) is 3.28. The molecule has 0 unspecified atom stereocenters. The van der Waals surface area contributed by atoms with Crippen LogP contribution in [-0.2, 0) is 6.54 Å². The normalized spacial score (nSPS) is 19.9. The van der Waals surface area contributed by atoms with E-state index in [9.17, 15) is 0 Å². The number of hydrogen-bond donors (Lipinski definition) is 1. The van der Waals surface area contributed by atoms with Crippen LogP contribution in [0.1, 0.15) is 34.9 Å². The van der Waals surface area contributed by atoms with E-state index in [1.165, 1.54) is 5.56 Å². The molecule has 1 aliphatic heterocycles. The lowest BCUT2D eigenvalue weighted by Gasteiger charge is -2.26. The summed E-state index contributed by atoms with van der Waals surface area (Å²) in [5, 5.41) is 4.15. The standard InChI is InChI=1S/C20H19N3OS/c1-14-10-11-17(24-14)19-18(16-9-5-6-12-21-16)22-20(25)23(19)13-15-7-3-2-4-8-15/h2-12,18-19H,13H2,1H3,(H,22,25)/t18-,19+/m0/s1. The zero-order valence-electron chi connectivity index (χ0n) is 13.9. The SMILES string of the molecule is Cc1ccc([C@@H]2[C@H](c3ccccn3)NC(=S)N2Cc2ccccc2)o1. The number of pyridine rings is 1. The third kappa shape index (κ3) is 3.15. The summed E-state index contributed by atoms with van der Waals surface area (Å²) in [6.45, 7) is 2.68. The van der Waals surface area contributed by atoms with Crippen molar-refractivity contribution in [2.45, 2.75) is 25.6 Å². The average Bonchev–Trinajstić information content (AvgIpc) is 3.20. The molecule has 1 aliphatic rings. The van der Waals surface area contributed by atoms with E-state index in [0.717, 1.165) is 28.9 Å². The minimum absolute atomic E-state index is 0.0312. The summed E-state index contributed by atoms with van der Waals surface area (Å²) in [7, 11) is 0. The molecular weight excluding hydrogens is 330 g/mol. The highest BCUT2D eigenvalue weighted by Gasteiger charge is 2.41. The Kier molecular flexibility index (Phi) is 4.24. The van der Waals surface area contributed by atoms with Gasteiger partial charge in [0.25, 0.3) is 0 Å². The molecule has 3 heterocycles. The van der Waals surface area contributed by atoms with Gasteiger partial charge in [0.2, 0.25) is 0 Å². The van der Waals surface area contributed by atoms with Crippen molar-refractivity contribution in [1.29, 1.82) is 0 Å². The van der Waals surface area contributed by atoms with Crippen molar-refractivity contribution in [3.63, 3.8) is 0 Å². The largest absolute Gasteiger partial charge is 0.464 e. The van der Waals surface area contributed by atoms with Crippen LogP contribution in [0.2, 0.25) is 0 Å². The van der Waals surface area contributed by atoms with Gasteiger partial charge in [0.1, 0.15) is 17.6 Å². The molecule has 0 radical (unpaired) electrons. The lowest BCUT2D eigenvalue weighted by Crippen LogP contribution is -2.29. The molecule has 25 heavy (non-hydrogen) atoms. The van der Waals surface area contributed by atoms with Crippen LogP contribution in [0.5, 0.6) is 0 Å². The van der Waals surface area contributed by atoms with Crippen molar-refractivity contribution in [1.82, 2.24) is 15.2 Å². The second kappa shape index (κ2) is 6.69. The van der Waals surface area contributed by atoms with Crippen LogP contribution in [0.3, 0.4) is 0 Å². The van der Waals surface area contributed by atoms with Crippen LogP contribution < -0.4 is 5.32 Å². The maximum absolute atomic E-state index is 5.97. The first-order valence-electron chi connectivity index (χ1n) is 8.31. The van der Waals surface area contributed by atoms with Gasteiger partial charge in [-0.1, -0.05) is 36.4 Å². The summed E-state index contributed by atoms with van der Waals surface area (Å²) in [5.74, 6) is 1.80. The molecule has 0 spiro atoms. The number of thiocarbonyl (C=S) groups is 1. The van der Waals surface area contributed by atoms with Crippen LogP contribution in [0.25, 0.3) is 0 Å². The van der Waals surface area contributed by atoms with Crippen molar-refractivity contribution in [3.8, 4) is 0 Å². The van der Waals surface area contributed by atoms with Gasteiger partial charge < -0.3 is 14.6 Å². The highest BCUT2D eigenvalue weighted by atomic mass is 32.1. The van der Waals surface area contributed by atoms with Crippen LogP contribution >= 0.6 is 12.2 Å². The van der Waals surface area contributed by atoms with E-state index >= 15 is 0 Å². The minimum Gasteiger partial charge on any atom is -0.464 e. The maximum atomic E-state index is 5.97. The lowest BCUT2D eigenvalue weighted by atomic mass is 10.0. The summed E-state index contributed by atoms with van der Waals surface area (Å²) in [4.78, 5) is 6.71. The Hall–Kier alpha value is -2.66. The van der Waals surface area contributed by atoms with Crippen molar-refractivity contribution in [2.75, 3.05) is 0 Å². The number of nitrogens with one attached hydrogen (secondary N) is 1. The zero-order chi connectivity index (χ0) is 17.2. The summed E-state index contributed by atoms with van der Waals surface area (Å²) in [5.41, 5.74) is 2.17. The van der Waals surface area contributed by atoms with E-state index in [-0.39, 0.29) is 12.1 Å². The monoisotopic (exact) mass is 349 g/mol. The summed E-state index contributed by atoms with van der Waals surface area (Å²) in [6, 6.07) is 20.2. The number of nitrogens with zero attached hydrogens (tertiary/aromatic N) is 2. The second-order valence-corrected chi connectivity index (χ2v) is 6.58. The Morgan fingerprint density at radius 3 is 2.56 bits per heavy atom. The molecule has 1 aromatic carbocycles. The number of rotatable bonds is 4. The average molecular weight is 349 g/mol. The first-order chi connectivity index (χ1) is 12.2. The summed E-state index contributed by atoms with van der Waals surface area (Å²) < 4.78 is 5.97. The molecule has 126 valence electrons. The van der Waals surface area contributed by atoms with E-state index in [1.807, 2.05) is 61.7 Å². The Morgan fingerprint density at radius 2 is 1.88 bits per heavy atom. The third-order valence-electron chi connectivity index (χ3n) is 4.45. The fraction of sp³-hybridized carbons (Fsp3) is 0.200. The van der Waals surface area contributed by atoms with Crippen molar-refractivity contribution >= 4 is 17.3 Å². The van der Waals surface area contributed by atoms with Crippen molar-refractivity contribution in [3.05, 3.63) is 89.6 Å². The van der Waals surface area contributed by atoms with Crippen molar-refractivity contribution < 1.29 is 4.42 Å².